The number of nitrogens with zero attached hydrogens (tertiary/aromatic N) is 1. The van der Waals surface area contributed by atoms with Crippen molar-refractivity contribution in [1.82, 2.24) is 15.5 Å². The summed E-state index contributed by atoms with van der Waals surface area (Å²) in [7, 11) is 0. The van der Waals surface area contributed by atoms with Crippen LogP contribution < -0.4 is 10.6 Å². The molecule has 0 radical (unpaired) electrons. The quantitative estimate of drug-likeness (QED) is 0.170. The number of carbonyl (C=O) groups excluding carboxylic acids is 2. The van der Waals surface area contributed by atoms with Crippen LogP contribution in [0.5, 0.6) is 0 Å². The van der Waals surface area contributed by atoms with Crippen molar-refractivity contribution in [3.8, 4) is 11.1 Å². The van der Waals surface area contributed by atoms with Crippen molar-refractivity contribution in [3.05, 3.63) is 131 Å². The molecule has 0 atom stereocenters. The van der Waals surface area contributed by atoms with E-state index in [-0.39, 0.29) is 11.9 Å². The Balaban J connectivity index is 1.03. The Kier molecular flexibility index (Phi) is 9.78. The molecule has 4 aromatic carbocycles. The second kappa shape index (κ2) is 14.1. The second-order valence-electron chi connectivity index (χ2n) is 12.7. The molecule has 47 heavy (non-hydrogen) atoms. The third-order valence-corrected chi connectivity index (χ3v) is 9.54. The lowest BCUT2D eigenvalue weighted by Gasteiger charge is -2.33. The number of halogens is 3. The molecule has 5 nitrogen and oxygen atoms in total. The third-order valence-electron chi connectivity index (χ3n) is 9.54. The van der Waals surface area contributed by atoms with Crippen molar-refractivity contribution >= 4 is 11.8 Å². The predicted molar refractivity (Wildman–Crippen MR) is 178 cm³/mol. The Morgan fingerprint density at radius 3 is 2.04 bits per heavy atom. The van der Waals surface area contributed by atoms with Gasteiger partial charge in [0.05, 0.1) is 0 Å². The van der Waals surface area contributed by atoms with Crippen molar-refractivity contribution in [2.75, 3.05) is 26.2 Å². The Morgan fingerprint density at radius 1 is 0.766 bits per heavy atom. The van der Waals surface area contributed by atoms with E-state index in [2.05, 4.69) is 27.7 Å². The molecule has 0 unspecified atom stereocenters. The number of carbonyl (C=O) groups is 2. The van der Waals surface area contributed by atoms with Crippen LogP contribution in [0.2, 0.25) is 0 Å². The molecule has 1 heterocycles. The smallest absolute Gasteiger partial charge is 0.349 e. The second-order valence-corrected chi connectivity index (χ2v) is 12.7. The first-order valence-electron chi connectivity index (χ1n) is 16.4. The van der Waals surface area contributed by atoms with Crippen LogP contribution >= 0.6 is 0 Å². The van der Waals surface area contributed by atoms with E-state index in [1.54, 1.807) is 0 Å². The largest absolute Gasteiger partial charge is 0.405 e. The fourth-order valence-corrected chi connectivity index (χ4v) is 7.23. The first kappa shape index (κ1) is 32.5. The van der Waals surface area contributed by atoms with Gasteiger partial charge in [0.25, 0.3) is 5.91 Å². The van der Waals surface area contributed by atoms with Gasteiger partial charge in [-0.3, -0.25) is 9.59 Å². The summed E-state index contributed by atoms with van der Waals surface area (Å²) in [6, 6.07) is 33.2. The molecular weight excluding hydrogens is 599 g/mol. The lowest BCUT2D eigenvalue weighted by atomic mass is 9.73. The summed E-state index contributed by atoms with van der Waals surface area (Å²) in [6.07, 6.45) is -0.117. The number of fused-ring (bicyclic) bond motifs is 3. The van der Waals surface area contributed by atoms with Gasteiger partial charge in [0, 0.05) is 24.7 Å². The average molecular weight is 640 g/mol. The summed E-state index contributed by atoms with van der Waals surface area (Å²) in [6.45, 7) is 1.16. The molecule has 6 rings (SSSR count). The Morgan fingerprint density at radius 2 is 1.38 bits per heavy atom. The maximum atomic E-state index is 13.7. The number of hydrogen-bond acceptors (Lipinski definition) is 3. The minimum absolute atomic E-state index is 0.0513. The maximum absolute atomic E-state index is 13.7. The van der Waals surface area contributed by atoms with Gasteiger partial charge in [-0.25, -0.2) is 0 Å². The summed E-state index contributed by atoms with van der Waals surface area (Å²) in [5.74, 6) is -0.654. The minimum Gasteiger partial charge on any atom is -0.349 e. The van der Waals surface area contributed by atoms with Crippen LogP contribution in [0.25, 0.3) is 11.1 Å². The SMILES string of the molecule is O=C(NC1CCN(CCCCC2(C(=O)NCC(F)(F)F)c3ccccc3-c3ccccc32)CC1)c1cccc(Cc2ccccc2)c1. The van der Waals surface area contributed by atoms with E-state index in [1.807, 2.05) is 91.0 Å². The number of nitrogens with one attached hydrogen (secondary N) is 2. The van der Waals surface area contributed by atoms with Gasteiger partial charge < -0.3 is 15.5 Å². The number of likely N-dealkylation sites (tertiary alicyclic amines) is 1. The van der Waals surface area contributed by atoms with E-state index in [0.29, 0.717) is 18.4 Å². The van der Waals surface area contributed by atoms with Crippen LogP contribution in [0, 0.1) is 0 Å². The summed E-state index contributed by atoms with van der Waals surface area (Å²) >= 11 is 0. The van der Waals surface area contributed by atoms with Gasteiger partial charge in [-0.1, -0.05) is 97.4 Å². The molecule has 1 aliphatic carbocycles. The van der Waals surface area contributed by atoms with Crippen molar-refractivity contribution in [2.45, 2.75) is 56.2 Å². The van der Waals surface area contributed by atoms with Gasteiger partial charge >= 0.3 is 6.18 Å². The number of piperidine rings is 1. The molecular formula is C39H40F3N3O2. The number of rotatable bonds is 11. The third kappa shape index (κ3) is 7.43. The zero-order valence-corrected chi connectivity index (χ0v) is 26.4. The molecule has 244 valence electrons. The predicted octanol–water partition coefficient (Wildman–Crippen LogP) is 7.29. The van der Waals surface area contributed by atoms with Crippen LogP contribution in [0.3, 0.4) is 0 Å². The van der Waals surface area contributed by atoms with Crippen LogP contribution in [0.4, 0.5) is 13.2 Å². The Hall–Kier alpha value is -4.43. The number of benzene rings is 4. The normalized spacial score (nSPS) is 15.9. The molecule has 0 bridgehead atoms. The summed E-state index contributed by atoms with van der Waals surface area (Å²) in [5, 5.41) is 5.43. The molecule has 0 aromatic heterocycles. The lowest BCUT2D eigenvalue weighted by Crippen LogP contribution is -2.47. The molecule has 0 spiro atoms. The first-order chi connectivity index (χ1) is 22.7. The Bertz CT molecular complexity index is 1650. The number of amides is 2. The van der Waals surface area contributed by atoms with E-state index in [9.17, 15) is 22.8 Å². The van der Waals surface area contributed by atoms with Gasteiger partial charge in [0.1, 0.15) is 12.0 Å². The zero-order chi connectivity index (χ0) is 32.9. The van der Waals surface area contributed by atoms with E-state index >= 15 is 0 Å². The number of unbranched alkanes of at least 4 members (excludes halogenated alkanes) is 1. The fourth-order valence-electron chi connectivity index (χ4n) is 7.23. The van der Waals surface area contributed by atoms with Crippen LogP contribution in [0.1, 0.15) is 64.7 Å². The highest BCUT2D eigenvalue weighted by molar-refractivity contribution is 6.00. The topological polar surface area (TPSA) is 61.4 Å². The molecule has 2 amide bonds. The van der Waals surface area contributed by atoms with Crippen molar-refractivity contribution in [1.29, 1.82) is 0 Å². The van der Waals surface area contributed by atoms with E-state index in [0.717, 1.165) is 73.1 Å². The monoisotopic (exact) mass is 639 g/mol. The van der Waals surface area contributed by atoms with E-state index < -0.39 is 24.0 Å². The minimum atomic E-state index is -4.49. The van der Waals surface area contributed by atoms with Crippen molar-refractivity contribution < 1.29 is 22.8 Å². The fraction of sp³-hybridized carbons (Fsp3) is 0.333. The summed E-state index contributed by atoms with van der Waals surface area (Å²) < 4.78 is 39.5. The highest BCUT2D eigenvalue weighted by Gasteiger charge is 2.49. The van der Waals surface area contributed by atoms with Crippen molar-refractivity contribution in [2.24, 2.45) is 0 Å². The van der Waals surface area contributed by atoms with E-state index in [4.69, 9.17) is 0 Å². The van der Waals surface area contributed by atoms with Gasteiger partial charge in [-0.2, -0.15) is 13.2 Å². The molecule has 1 saturated heterocycles. The molecule has 0 saturated carbocycles. The average Bonchev–Trinajstić information content (AvgIpc) is 3.37. The highest BCUT2D eigenvalue weighted by Crippen LogP contribution is 2.51. The highest BCUT2D eigenvalue weighted by atomic mass is 19.4. The number of alkyl halides is 3. The molecule has 4 aromatic rings. The van der Waals surface area contributed by atoms with Crippen LogP contribution in [-0.4, -0.2) is 55.1 Å². The van der Waals surface area contributed by atoms with Crippen LogP contribution in [-0.2, 0) is 16.6 Å². The van der Waals surface area contributed by atoms with E-state index in [1.165, 1.54) is 5.56 Å². The van der Waals surface area contributed by atoms with Gasteiger partial charge in [-0.05, 0) is 84.2 Å². The maximum Gasteiger partial charge on any atom is 0.405 e. The zero-order valence-electron chi connectivity index (χ0n) is 26.4. The molecule has 2 N–H and O–H groups in total. The summed E-state index contributed by atoms with van der Waals surface area (Å²) in [5.41, 5.74) is 5.14. The molecule has 2 aliphatic rings. The first-order valence-corrected chi connectivity index (χ1v) is 16.4. The van der Waals surface area contributed by atoms with Crippen LogP contribution in [0.15, 0.2) is 103 Å². The molecule has 1 fully saturated rings. The number of hydrogen-bond donors (Lipinski definition) is 2. The molecule has 8 heteroatoms. The van der Waals surface area contributed by atoms with Crippen molar-refractivity contribution in [3.63, 3.8) is 0 Å². The Labute approximate surface area is 274 Å². The standard InChI is InChI=1S/C39H40F3N3O2/c40-39(41,42)27-43-37(47)38(34-17-6-4-15-32(34)33-16-5-7-18-35(33)38)21-8-9-22-45-23-19-31(20-24-45)44-36(46)30-14-10-13-29(26-30)25-28-11-2-1-3-12-28/h1-7,10-18,26,31H,8-9,19-25,27H2,(H,43,47)(H,44,46). The van der Waals surface area contributed by atoms with Gasteiger partial charge in [-0.15, -0.1) is 0 Å². The summed E-state index contributed by atoms with van der Waals surface area (Å²) in [4.78, 5) is 29.2. The van der Waals surface area contributed by atoms with Gasteiger partial charge in [0.2, 0.25) is 5.91 Å². The van der Waals surface area contributed by atoms with Gasteiger partial charge in [0.15, 0.2) is 0 Å². The lowest BCUT2D eigenvalue weighted by molar-refractivity contribution is -0.141. The molecule has 1 aliphatic heterocycles.